The molecule has 0 bridgehead atoms. The molecule has 1 rings (SSSR count). The van der Waals surface area contributed by atoms with E-state index in [2.05, 4.69) is 5.32 Å². The molecule has 15 heavy (non-hydrogen) atoms. The predicted octanol–water partition coefficient (Wildman–Crippen LogP) is 2.02. The summed E-state index contributed by atoms with van der Waals surface area (Å²) in [4.78, 5) is 22.8. The van der Waals surface area contributed by atoms with Crippen LogP contribution in [-0.2, 0) is 9.53 Å². The molecule has 0 radical (unpaired) electrons. The SMILES string of the molecule is CC(C)(C)NC(=O)OC1CCCCC1=O. The topological polar surface area (TPSA) is 55.4 Å². The number of carbonyl (C=O) groups is 2. The van der Waals surface area contributed by atoms with E-state index in [4.69, 9.17) is 4.74 Å². The molecule has 1 aliphatic rings. The number of nitrogens with one attached hydrogen (secondary N) is 1. The van der Waals surface area contributed by atoms with Crippen molar-refractivity contribution in [1.29, 1.82) is 0 Å². The molecule has 0 spiro atoms. The first-order chi connectivity index (χ1) is 6.88. The summed E-state index contributed by atoms with van der Waals surface area (Å²) in [7, 11) is 0. The summed E-state index contributed by atoms with van der Waals surface area (Å²) >= 11 is 0. The van der Waals surface area contributed by atoms with Crippen LogP contribution in [0.15, 0.2) is 0 Å². The van der Waals surface area contributed by atoms with Crippen LogP contribution >= 0.6 is 0 Å². The van der Waals surface area contributed by atoms with Crippen molar-refractivity contribution in [3.05, 3.63) is 0 Å². The molecule has 1 atom stereocenters. The number of Topliss-reactive ketones (excluding diaryl/α,β-unsaturated/α-hetero) is 1. The standard InChI is InChI=1S/C11H19NO3/c1-11(2,3)12-10(14)15-9-7-5-4-6-8(9)13/h9H,4-7H2,1-3H3,(H,12,14). The Morgan fingerprint density at radius 3 is 2.60 bits per heavy atom. The van der Waals surface area contributed by atoms with E-state index < -0.39 is 12.2 Å². The molecule has 0 aromatic heterocycles. The molecular weight excluding hydrogens is 194 g/mol. The lowest BCUT2D eigenvalue weighted by atomic mass is 9.96. The van der Waals surface area contributed by atoms with Gasteiger partial charge >= 0.3 is 6.09 Å². The van der Waals surface area contributed by atoms with E-state index >= 15 is 0 Å². The summed E-state index contributed by atoms with van der Waals surface area (Å²) < 4.78 is 5.08. The second-order valence-corrected chi connectivity index (χ2v) is 4.98. The minimum Gasteiger partial charge on any atom is -0.438 e. The fourth-order valence-electron chi connectivity index (χ4n) is 1.54. The average molecular weight is 213 g/mol. The molecule has 1 aliphatic carbocycles. The molecule has 1 N–H and O–H groups in total. The van der Waals surface area contributed by atoms with E-state index in [1.54, 1.807) is 0 Å². The zero-order valence-corrected chi connectivity index (χ0v) is 9.63. The quantitative estimate of drug-likeness (QED) is 0.725. The average Bonchev–Trinajstić information content (AvgIpc) is 2.05. The van der Waals surface area contributed by atoms with Gasteiger partial charge in [0.2, 0.25) is 0 Å². The van der Waals surface area contributed by atoms with E-state index in [1.165, 1.54) is 0 Å². The summed E-state index contributed by atoms with van der Waals surface area (Å²) in [6, 6.07) is 0. The van der Waals surface area contributed by atoms with E-state index in [-0.39, 0.29) is 11.3 Å². The van der Waals surface area contributed by atoms with Crippen molar-refractivity contribution in [2.45, 2.75) is 58.1 Å². The summed E-state index contributed by atoms with van der Waals surface area (Å²) in [5, 5.41) is 2.67. The molecule has 0 aliphatic heterocycles. The highest BCUT2D eigenvalue weighted by atomic mass is 16.6. The van der Waals surface area contributed by atoms with Crippen LogP contribution in [0.2, 0.25) is 0 Å². The van der Waals surface area contributed by atoms with E-state index in [9.17, 15) is 9.59 Å². The van der Waals surface area contributed by atoms with Crippen molar-refractivity contribution in [2.75, 3.05) is 0 Å². The highest BCUT2D eigenvalue weighted by Gasteiger charge is 2.26. The van der Waals surface area contributed by atoms with Crippen LogP contribution in [0.3, 0.4) is 0 Å². The van der Waals surface area contributed by atoms with Gasteiger partial charge in [0.25, 0.3) is 0 Å². The van der Waals surface area contributed by atoms with Gasteiger partial charge in [-0.05, 0) is 40.0 Å². The molecule has 1 saturated carbocycles. The minimum atomic E-state index is -0.527. The molecular formula is C11H19NO3. The number of rotatable bonds is 1. The van der Waals surface area contributed by atoms with Crippen LogP contribution in [-0.4, -0.2) is 23.5 Å². The van der Waals surface area contributed by atoms with E-state index in [1.807, 2.05) is 20.8 Å². The first kappa shape index (κ1) is 12.0. The Morgan fingerprint density at radius 2 is 2.07 bits per heavy atom. The van der Waals surface area contributed by atoms with Crippen LogP contribution < -0.4 is 5.32 Å². The summed E-state index contributed by atoms with van der Waals surface area (Å²) in [6.45, 7) is 5.62. The van der Waals surface area contributed by atoms with Gasteiger partial charge in [0.05, 0.1) is 0 Å². The Morgan fingerprint density at radius 1 is 1.40 bits per heavy atom. The molecule has 0 saturated heterocycles. The normalized spacial score (nSPS) is 22.3. The molecule has 86 valence electrons. The lowest BCUT2D eigenvalue weighted by molar-refractivity contribution is -0.129. The highest BCUT2D eigenvalue weighted by Crippen LogP contribution is 2.17. The van der Waals surface area contributed by atoms with Crippen molar-refractivity contribution in [3.8, 4) is 0 Å². The van der Waals surface area contributed by atoms with Crippen molar-refractivity contribution in [2.24, 2.45) is 0 Å². The number of ketones is 1. The summed E-state index contributed by atoms with van der Waals surface area (Å²) in [5.74, 6) is 0.0466. The number of hydrogen-bond acceptors (Lipinski definition) is 3. The molecule has 4 heteroatoms. The lowest BCUT2D eigenvalue weighted by Gasteiger charge is -2.24. The van der Waals surface area contributed by atoms with Gasteiger partial charge in [-0.3, -0.25) is 4.79 Å². The fourth-order valence-corrected chi connectivity index (χ4v) is 1.54. The van der Waals surface area contributed by atoms with Crippen molar-refractivity contribution in [3.63, 3.8) is 0 Å². The van der Waals surface area contributed by atoms with Crippen molar-refractivity contribution < 1.29 is 14.3 Å². The second kappa shape index (κ2) is 4.64. The number of alkyl carbamates (subject to hydrolysis) is 1. The Kier molecular flexibility index (Phi) is 3.72. The van der Waals surface area contributed by atoms with Crippen LogP contribution in [0, 0.1) is 0 Å². The molecule has 1 amide bonds. The minimum absolute atomic E-state index is 0.0466. The monoisotopic (exact) mass is 213 g/mol. The van der Waals surface area contributed by atoms with Gasteiger partial charge in [-0.2, -0.15) is 0 Å². The third-order valence-electron chi connectivity index (χ3n) is 2.22. The maximum Gasteiger partial charge on any atom is 0.408 e. The number of ether oxygens (including phenoxy) is 1. The van der Waals surface area contributed by atoms with Gasteiger partial charge in [0.15, 0.2) is 11.9 Å². The molecule has 4 nitrogen and oxygen atoms in total. The van der Waals surface area contributed by atoms with Gasteiger partial charge in [0, 0.05) is 12.0 Å². The third kappa shape index (κ3) is 4.32. The van der Waals surface area contributed by atoms with Crippen LogP contribution in [0.4, 0.5) is 4.79 Å². The van der Waals surface area contributed by atoms with Crippen LogP contribution in [0.1, 0.15) is 46.5 Å². The van der Waals surface area contributed by atoms with Gasteiger partial charge < -0.3 is 10.1 Å². The molecule has 0 aromatic rings. The van der Waals surface area contributed by atoms with Gasteiger partial charge in [-0.25, -0.2) is 4.79 Å². The Balaban J connectivity index is 2.40. The molecule has 0 heterocycles. The number of hydrogen-bond donors (Lipinski definition) is 1. The van der Waals surface area contributed by atoms with Crippen LogP contribution in [0.5, 0.6) is 0 Å². The Labute approximate surface area is 90.4 Å². The maximum absolute atomic E-state index is 11.4. The fraction of sp³-hybridized carbons (Fsp3) is 0.818. The second-order valence-electron chi connectivity index (χ2n) is 4.98. The number of carbonyl (C=O) groups excluding carboxylic acids is 2. The number of amides is 1. The maximum atomic E-state index is 11.4. The van der Waals surface area contributed by atoms with Crippen molar-refractivity contribution >= 4 is 11.9 Å². The predicted molar refractivity (Wildman–Crippen MR) is 56.6 cm³/mol. The van der Waals surface area contributed by atoms with Crippen LogP contribution in [0.25, 0.3) is 0 Å². The summed E-state index contributed by atoms with van der Waals surface area (Å²) in [5.41, 5.74) is -0.325. The van der Waals surface area contributed by atoms with E-state index in [0.717, 1.165) is 12.8 Å². The zero-order chi connectivity index (χ0) is 11.5. The Bertz CT molecular complexity index is 255. The highest BCUT2D eigenvalue weighted by molar-refractivity contribution is 5.85. The van der Waals surface area contributed by atoms with Gasteiger partial charge in [-0.1, -0.05) is 0 Å². The largest absolute Gasteiger partial charge is 0.438 e. The lowest BCUT2D eigenvalue weighted by Crippen LogP contribution is -2.43. The molecule has 1 fully saturated rings. The van der Waals surface area contributed by atoms with E-state index in [0.29, 0.717) is 12.8 Å². The van der Waals surface area contributed by atoms with Gasteiger partial charge in [0.1, 0.15) is 0 Å². The Hall–Kier alpha value is -1.06. The molecule has 0 aromatic carbocycles. The molecule has 1 unspecified atom stereocenters. The summed E-state index contributed by atoms with van der Waals surface area (Å²) in [6.07, 6.45) is 2.05. The smallest absolute Gasteiger partial charge is 0.408 e. The first-order valence-electron chi connectivity index (χ1n) is 5.40. The zero-order valence-electron chi connectivity index (χ0n) is 9.63. The van der Waals surface area contributed by atoms with Crippen molar-refractivity contribution in [1.82, 2.24) is 5.32 Å². The third-order valence-corrected chi connectivity index (χ3v) is 2.22. The van der Waals surface area contributed by atoms with Gasteiger partial charge in [-0.15, -0.1) is 0 Å². The first-order valence-corrected chi connectivity index (χ1v) is 5.40.